The molecule has 32 heavy (non-hydrogen) atoms. The number of methoxy groups -OCH3 is 2. The second kappa shape index (κ2) is 8.94. The van der Waals surface area contributed by atoms with Crippen molar-refractivity contribution in [2.45, 2.75) is 0 Å². The van der Waals surface area contributed by atoms with Crippen molar-refractivity contribution in [2.75, 3.05) is 24.2 Å². The number of hydrazine groups is 1. The summed E-state index contributed by atoms with van der Waals surface area (Å²) in [5.41, 5.74) is 1.62. The van der Waals surface area contributed by atoms with Gasteiger partial charge in [0, 0.05) is 10.0 Å². The van der Waals surface area contributed by atoms with Gasteiger partial charge in [-0.05, 0) is 72.3 Å². The Morgan fingerprint density at radius 3 is 1.59 bits per heavy atom. The minimum absolute atomic E-state index is 0.00196. The summed E-state index contributed by atoms with van der Waals surface area (Å²) in [7, 11) is 3.05. The van der Waals surface area contributed by atoms with Crippen LogP contribution >= 0.6 is 23.2 Å². The van der Waals surface area contributed by atoms with Gasteiger partial charge in [-0.3, -0.25) is 9.59 Å². The van der Waals surface area contributed by atoms with Crippen LogP contribution in [0.1, 0.15) is 5.56 Å². The number of benzene rings is 3. The summed E-state index contributed by atoms with van der Waals surface area (Å²) in [6, 6.07) is 18.5. The first-order chi connectivity index (χ1) is 15.4. The van der Waals surface area contributed by atoms with E-state index >= 15 is 0 Å². The molecule has 0 aliphatic carbocycles. The lowest BCUT2D eigenvalue weighted by molar-refractivity contribution is -0.116. The maximum absolute atomic E-state index is 13.4. The van der Waals surface area contributed by atoms with Crippen molar-refractivity contribution >= 4 is 52.5 Å². The summed E-state index contributed by atoms with van der Waals surface area (Å²) in [5.74, 6) is 0.0947. The minimum atomic E-state index is -0.470. The Labute approximate surface area is 195 Å². The van der Waals surface area contributed by atoms with Crippen molar-refractivity contribution in [3.8, 4) is 11.5 Å². The molecule has 0 bridgehead atoms. The van der Waals surface area contributed by atoms with Crippen LogP contribution in [0.3, 0.4) is 0 Å². The Bertz CT molecular complexity index is 1140. The molecule has 4 rings (SSSR count). The first-order valence-electron chi connectivity index (χ1n) is 9.56. The smallest absolute Gasteiger partial charge is 0.283 e. The molecule has 1 fully saturated rings. The van der Waals surface area contributed by atoms with E-state index in [2.05, 4.69) is 0 Å². The van der Waals surface area contributed by atoms with Crippen LogP contribution in [0.2, 0.25) is 10.0 Å². The molecule has 0 unspecified atom stereocenters. The molecule has 0 N–H and O–H groups in total. The standard InChI is InChI=1S/C24H18Cl2N2O4/c1-31-21-12-3-15(14-22(21)32-2)13-20-23(29)27(18-8-4-16(25)5-9-18)28(24(20)30)19-10-6-17(26)7-11-19/h3-14H,1-2H3. The maximum Gasteiger partial charge on any atom is 0.283 e. The summed E-state index contributed by atoms with van der Waals surface area (Å²) < 4.78 is 10.6. The molecule has 162 valence electrons. The molecular formula is C24H18Cl2N2O4. The second-order valence-electron chi connectivity index (χ2n) is 6.86. The van der Waals surface area contributed by atoms with Gasteiger partial charge in [-0.2, -0.15) is 0 Å². The van der Waals surface area contributed by atoms with E-state index in [-0.39, 0.29) is 5.57 Å². The van der Waals surface area contributed by atoms with Crippen molar-refractivity contribution in [2.24, 2.45) is 0 Å². The van der Waals surface area contributed by atoms with E-state index in [0.29, 0.717) is 38.5 Å². The van der Waals surface area contributed by atoms with Crippen molar-refractivity contribution < 1.29 is 19.1 Å². The largest absolute Gasteiger partial charge is 0.493 e. The first-order valence-corrected chi connectivity index (χ1v) is 10.3. The van der Waals surface area contributed by atoms with Gasteiger partial charge in [0.2, 0.25) is 0 Å². The summed E-state index contributed by atoms with van der Waals surface area (Å²) in [5, 5.41) is 3.67. The van der Waals surface area contributed by atoms with Crippen molar-refractivity contribution in [3.63, 3.8) is 0 Å². The van der Waals surface area contributed by atoms with Gasteiger partial charge in [-0.1, -0.05) is 29.3 Å². The van der Waals surface area contributed by atoms with Crippen LogP contribution in [-0.4, -0.2) is 26.0 Å². The zero-order chi connectivity index (χ0) is 22.8. The van der Waals surface area contributed by atoms with E-state index in [4.69, 9.17) is 32.7 Å². The topological polar surface area (TPSA) is 59.1 Å². The van der Waals surface area contributed by atoms with Crippen molar-refractivity contribution in [3.05, 3.63) is 87.9 Å². The van der Waals surface area contributed by atoms with Gasteiger partial charge in [0.1, 0.15) is 5.57 Å². The van der Waals surface area contributed by atoms with E-state index in [0.717, 1.165) is 0 Å². The SMILES string of the molecule is COc1ccc(C=C2C(=O)N(c3ccc(Cl)cc3)N(c3ccc(Cl)cc3)C2=O)cc1OC. The highest BCUT2D eigenvalue weighted by molar-refractivity contribution is 6.38. The quantitative estimate of drug-likeness (QED) is 0.372. The molecule has 8 heteroatoms. The van der Waals surface area contributed by atoms with Gasteiger partial charge in [0.25, 0.3) is 11.8 Å². The molecule has 0 spiro atoms. The molecule has 3 aromatic rings. The Kier molecular flexibility index (Phi) is 6.08. The highest BCUT2D eigenvalue weighted by Crippen LogP contribution is 2.34. The number of hydrogen-bond donors (Lipinski definition) is 0. The molecule has 1 saturated heterocycles. The molecule has 1 heterocycles. The van der Waals surface area contributed by atoms with Crippen LogP contribution in [0.15, 0.2) is 72.3 Å². The summed E-state index contributed by atoms with van der Waals surface area (Å²) in [4.78, 5) is 26.8. The van der Waals surface area contributed by atoms with Crippen molar-refractivity contribution in [1.82, 2.24) is 0 Å². The number of rotatable bonds is 5. The number of hydrogen-bond acceptors (Lipinski definition) is 4. The average Bonchev–Trinajstić information content (AvgIpc) is 3.05. The predicted octanol–water partition coefficient (Wildman–Crippen LogP) is 5.39. The Hall–Kier alpha value is -3.48. The Morgan fingerprint density at radius 1 is 0.688 bits per heavy atom. The number of ether oxygens (including phenoxy) is 2. The highest BCUT2D eigenvalue weighted by atomic mass is 35.5. The molecule has 0 atom stereocenters. The average molecular weight is 469 g/mol. The monoisotopic (exact) mass is 468 g/mol. The Balaban J connectivity index is 1.82. The summed E-state index contributed by atoms with van der Waals surface area (Å²) >= 11 is 12.0. The summed E-state index contributed by atoms with van der Waals surface area (Å²) in [6.45, 7) is 0. The molecule has 0 radical (unpaired) electrons. The van der Waals surface area contributed by atoms with Gasteiger partial charge < -0.3 is 9.47 Å². The van der Waals surface area contributed by atoms with Crippen LogP contribution in [-0.2, 0) is 9.59 Å². The number of amides is 2. The molecule has 1 aliphatic heterocycles. The molecular weight excluding hydrogens is 451 g/mol. The lowest BCUT2D eigenvalue weighted by atomic mass is 10.1. The maximum atomic E-state index is 13.4. The van der Waals surface area contributed by atoms with Gasteiger partial charge >= 0.3 is 0 Å². The summed E-state index contributed by atoms with van der Waals surface area (Å²) in [6.07, 6.45) is 1.53. The van der Waals surface area contributed by atoms with E-state index in [9.17, 15) is 9.59 Å². The first kappa shape index (κ1) is 21.7. The van der Waals surface area contributed by atoms with E-state index in [1.807, 2.05) is 0 Å². The number of anilines is 2. The predicted molar refractivity (Wildman–Crippen MR) is 125 cm³/mol. The van der Waals surface area contributed by atoms with Crippen LogP contribution in [0.5, 0.6) is 11.5 Å². The number of carbonyl (C=O) groups excluding carboxylic acids is 2. The van der Waals surface area contributed by atoms with Crippen LogP contribution in [0.4, 0.5) is 11.4 Å². The lowest BCUT2D eigenvalue weighted by Crippen LogP contribution is -2.41. The van der Waals surface area contributed by atoms with Gasteiger partial charge in [-0.15, -0.1) is 0 Å². The van der Waals surface area contributed by atoms with E-state index in [1.54, 1.807) is 66.7 Å². The molecule has 1 aliphatic rings. The number of carbonyl (C=O) groups is 2. The van der Waals surface area contributed by atoms with Crippen LogP contribution in [0, 0.1) is 0 Å². The van der Waals surface area contributed by atoms with Gasteiger partial charge in [0.15, 0.2) is 11.5 Å². The molecule has 0 aromatic heterocycles. The minimum Gasteiger partial charge on any atom is -0.493 e. The fraction of sp³-hybridized carbons (Fsp3) is 0.0833. The molecule has 6 nitrogen and oxygen atoms in total. The highest BCUT2D eigenvalue weighted by Gasteiger charge is 2.42. The van der Waals surface area contributed by atoms with Gasteiger partial charge in [-0.25, -0.2) is 10.0 Å². The molecule has 3 aromatic carbocycles. The second-order valence-corrected chi connectivity index (χ2v) is 7.73. The molecule has 0 saturated carbocycles. The van der Waals surface area contributed by atoms with Crippen LogP contribution in [0.25, 0.3) is 6.08 Å². The zero-order valence-corrected chi connectivity index (χ0v) is 18.7. The molecule has 2 amide bonds. The van der Waals surface area contributed by atoms with Gasteiger partial charge in [0.05, 0.1) is 25.6 Å². The third-order valence-electron chi connectivity index (χ3n) is 4.91. The normalized spacial score (nSPS) is 13.6. The zero-order valence-electron chi connectivity index (χ0n) is 17.2. The number of nitrogens with zero attached hydrogens (tertiary/aromatic N) is 2. The van der Waals surface area contributed by atoms with E-state index < -0.39 is 11.8 Å². The fourth-order valence-corrected chi connectivity index (χ4v) is 3.62. The third kappa shape index (κ3) is 4.02. The van der Waals surface area contributed by atoms with E-state index in [1.165, 1.54) is 30.3 Å². The van der Waals surface area contributed by atoms with Crippen molar-refractivity contribution in [1.29, 1.82) is 0 Å². The lowest BCUT2D eigenvalue weighted by Gasteiger charge is -2.27. The van der Waals surface area contributed by atoms with Crippen LogP contribution < -0.4 is 19.5 Å². The number of halogens is 2. The Morgan fingerprint density at radius 2 is 1.16 bits per heavy atom. The third-order valence-corrected chi connectivity index (χ3v) is 5.41. The fourth-order valence-electron chi connectivity index (χ4n) is 3.36.